The monoisotopic (exact) mass is 626 g/mol. The summed E-state index contributed by atoms with van der Waals surface area (Å²) in [5.74, 6) is 3.35. The van der Waals surface area contributed by atoms with Crippen LogP contribution < -0.4 is 9.47 Å². The molecule has 47 heavy (non-hydrogen) atoms. The van der Waals surface area contributed by atoms with Gasteiger partial charge in [0.1, 0.15) is 40.5 Å². The minimum absolute atomic E-state index is 0.104. The normalized spacial score (nSPS) is 19.2. The van der Waals surface area contributed by atoms with E-state index in [0.717, 1.165) is 25.1 Å². The van der Waals surface area contributed by atoms with Crippen molar-refractivity contribution in [2.75, 3.05) is 6.61 Å². The molecule has 2 aliphatic carbocycles. The van der Waals surface area contributed by atoms with Crippen LogP contribution in [-0.2, 0) is 22.5 Å². The Kier molecular flexibility index (Phi) is 8.04. The summed E-state index contributed by atoms with van der Waals surface area (Å²) in [4.78, 5) is 8.91. The van der Waals surface area contributed by atoms with Crippen LogP contribution in [-0.4, -0.2) is 41.9 Å². The standard InChI is InChI=1S/C18H16N6O2.C17H14N2O2/c19-9-13-1-5-15(6-2-13)26-16-7-8-17(20-10-16)18(25,14-3-4-14)11-24-12-21-22-23-24;18-9-12-1-5-14(6-2-12)21-15-7-8-16(19-10-15)17(11-20-17)13-3-4-13/h1-2,5-8,10,12,14,25H,3-4,11H2;1-2,5-8,10,13H,3-4,11H2. The van der Waals surface area contributed by atoms with Crippen LogP contribution in [0.1, 0.15) is 48.2 Å². The highest BCUT2D eigenvalue weighted by molar-refractivity contribution is 5.38. The van der Waals surface area contributed by atoms with Crippen molar-refractivity contribution in [3.63, 3.8) is 0 Å². The van der Waals surface area contributed by atoms with Crippen molar-refractivity contribution in [1.82, 2.24) is 30.2 Å². The van der Waals surface area contributed by atoms with Crippen molar-refractivity contribution < 1.29 is 19.3 Å². The fourth-order valence-corrected chi connectivity index (χ4v) is 5.55. The zero-order valence-corrected chi connectivity index (χ0v) is 25.3. The first kappa shape index (κ1) is 30.0. The molecular formula is C35H30N8O4. The highest BCUT2D eigenvalue weighted by atomic mass is 16.6. The van der Waals surface area contributed by atoms with Gasteiger partial charge < -0.3 is 19.3 Å². The van der Waals surface area contributed by atoms with E-state index < -0.39 is 5.60 Å². The van der Waals surface area contributed by atoms with Crippen LogP contribution in [0.2, 0.25) is 0 Å². The molecule has 1 saturated heterocycles. The van der Waals surface area contributed by atoms with E-state index in [0.29, 0.717) is 45.7 Å². The Morgan fingerprint density at radius 3 is 1.81 bits per heavy atom. The van der Waals surface area contributed by atoms with Gasteiger partial charge in [0.05, 0.1) is 60.2 Å². The lowest BCUT2D eigenvalue weighted by Crippen LogP contribution is -2.35. The molecule has 1 aliphatic heterocycles. The molecule has 4 heterocycles. The van der Waals surface area contributed by atoms with Crippen LogP contribution in [0.25, 0.3) is 0 Å². The van der Waals surface area contributed by atoms with Gasteiger partial charge in [0.2, 0.25) is 0 Å². The zero-order valence-electron chi connectivity index (χ0n) is 25.3. The van der Waals surface area contributed by atoms with E-state index >= 15 is 0 Å². The highest BCUT2D eigenvalue weighted by Gasteiger charge is 2.58. The Morgan fingerprint density at radius 1 is 0.809 bits per heavy atom. The lowest BCUT2D eigenvalue weighted by molar-refractivity contribution is -0.0122. The number of hydrogen-bond donors (Lipinski definition) is 1. The molecule has 1 N–H and O–H groups in total. The number of aliphatic hydroxyl groups is 1. The first-order chi connectivity index (χ1) is 23.0. The summed E-state index contributed by atoms with van der Waals surface area (Å²) in [6.45, 7) is 1.05. The third-order valence-corrected chi connectivity index (χ3v) is 8.53. The molecule has 0 bridgehead atoms. The van der Waals surface area contributed by atoms with Gasteiger partial charge in [-0.25, -0.2) is 4.68 Å². The van der Waals surface area contributed by atoms with Crippen LogP contribution >= 0.6 is 0 Å². The molecule has 3 aromatic heterocycles. The molecule has 0 radical (unpaired) electrons. The first-order valence-corrected chi connectivity index (χ1v) is 15.3. The smallest absolute Gasteiger partial charge is 0.145 e. The molecule has 2 aromatic carbocycles. The summed E-state index contributed by atoms with van der Waals surface area (Å²) in [5, 5.41) is 39.9. The molecule has 2 atom stereocenters. The lowest BCUT2D eigenvalue weighted by Gasteiger charge is -2.27. The SMILES string of the molecule is N#Cc1ccc(Oc2ccc(C(O)(Cn3cnnn3)C3CC3)nc2)cc1.N#Cc1ccc(Oc2ccc(C3(C4CC4)CO3)nc2)cc1. The summed E-state index contributed by atoms with van der Waals surface area (Å²) < 4.78 is 18.6. The number of epoxide rings is 1. The molecule has 0 amide bonds. The van der Waals surface area contributed by atoms with Gasteiger partial charge in [-0.05, 0) is 121 Å². The number of nitrogens with zero attached hydrogens (tertiary/aromatic N) is 8. The van der Waals surface area contributed by atoms with Gasteiger partial charge in [-0.3, -0.25) is 9.97 Å². The van der Waals surface area contributed by atoms with Gasteiger partial charge in [0.25, 0.3) is 0 Å². The summed E-state index contributed by atoms with van der Waals surface area (Å²) in [5.41, 5.74) is 1.56. The van der Waals surface area contributed by atoms with Gasteiger partial charge in [-0.1, -0.05) is 0 Å². The van der Waals surface area contributed by atoms with Gasteiger partial charge in [0.15, 0.2) is 0 Å². The largest absolute Gasteiger partial charge is 0.456 e. The van der Waals surface area contributed by atoms with Gasteiger partial charge >= 0.3 is 0 Å². The van der Waals surface area contributed by atoms with Crippen LogP contribution in [0, 0.1) is 34.5 Å². The van der Waals surface area contributed by atoms with Crippen LogP contribution in [0.4, 0.5) is 0 Å². The maximum absolute atomic E-state index is 11.2. The van der Waals surface area contributed by atoms with E-state index in [1.165, 1.54) is 23.9 Å². The summed E-state index contributed by atoms with van der Waals surface area (Å²) in [7, 11) is 0. The van der Waals surface area contributed by atoms with Crippen molar-refractivity contribution in [1.29, 1.82) is 10.5 Å². The number of tetrazole rings is 1. The fraction of sp³-hybridized carbons (Fsp3) is 0.286. The number of nitriles is 2. The fourth-order valence-electron chi connectivity index (χ4n) is 5.55. The van der Waals surface area contributed by atoms with Crippen molar-refractivity contribution in [2.45, 2.75) is 43.4 Å². The summed E-state index contributed by atoms with van der Waals surface area (Å²) in [6.07, 6.45) is 9.18. The predicted molar refractivity (Wildman–Crippen MR) is 166 cm³/mol. The van der Waals surface area contributed by atoms with E-state index in [1.54, 1.807) is 73.1 Å². The Hall–Kier alpha value is -5.69. The third kappa shape index (κ3) is 6.79. The quantitative estimate of drug-likeness (QED) is 0.197. The minimum atomic E-state index is -1.11. The maximum atomic E-state index is 11.2. The van der Waals surface area contributed by atoms with E-state index in [-0.39, 0.29) is 18.1 Å². The molecule has 3 aliphatic rings. The van der Waals surface area contributed by atoms with Crippen LogP contribution in [0.15, 0.2) is 91.5 Å². The molecule has 12 nitrogen and oxygen atoms in total. The maximum Gasteiger partial charge on any atom is 0.145 e. The molecule has 2 saturated carbocycles. The topological polar surface area (TPSA) is 168 Å². The van der Waals surface area contributed by atoms with Gasteiger partial charge in [-0.15, -0.1) is 5.10 Å². The minimum Gasteiger partial charge on any atom is -0.456 e. The number of ether oxygens (including phenoxy) is 3. The van der Waals surface area contributed by atoms with E-state index in [9.17, 15) is 5.11 Å². The van der Waals surface area contributed by atoms with E-state index in [1.807, 2.05) is 12.1 Å². The van der Waals surface area contributed by atoms with Gasteiger partial charge in [0, 0.05) is 0 Å². The Balaban J connectivity index is 0.000000153. The van der Waals surface area contributed by atoms with E-state index in [2.05, 4.69) is 37.6 Å². The predicted octanol–water partition coefficient (Wildman–Crippen LogP) is 5.41. The zero-order chi connectivity index (χ0) is 32.3. The van der Waals surface area contributed by atoms with Crippen molar-refractivity contribution in [2.24, 2.45) is 11.8 Å². The average Bonchev–Trinajstić information content (AvgIpc) is 3.98. The third-order valence-electron chi connectivity index (χ3n) is 8.53. The molecule has 5 aromatic rings. The lowest BCUT2D eigenvalue weighted by atomic mass is 9.93. The molecular weight excluding hydrogens is 596 g/mol. The Morgan fingerprint density at radius 2 is 1.38 bits per heavy atom. The molecule has 234 valence electrons. The number of aromatic nitrogens is 6. The summed E-state index contributed by atoms with van der Waals surface area (Å²) in [6, 6.07) is 25.5. The van der Waals surface area contributed by atoms with Gasteiger partial charge in [-0.2, -0.15) is 10.5 Å². The van der Waals surface area contributed by atoms with Crippen molar-refractivity contribution in [3.05, 3.63) is 114 Å². The summed E-state index contributed by atoms with van der Waals surface area (Å²) >= 11 is 0. The number of rotatable bonds is 10. The molecule has 2 unspecified atom stereocenters. The van der Waals surface area contributed by atoms with Crippen molar-refractivity contribution in [3.8, 4) is 35.1 Å². The molecule has 12 heteroatoms. The number of benzene rings is 2. The Labute approximate surface area is 270 Å². The highest BCUT2D eigenvalue weighted by Crippen LogP contribution is 2.55. The van der Waals surface area contributed by atoms with Crippen molar-refractivity contribution >= 4 is 0 Å². The molecule has 0 spiro atoms. The molecule has 3 fully saturated rings. The second-order valence-electron chi connectivity index (χ2n) is 11.9. The first-order valence-electron chi connectivity index (χ1n) is 15.3. The number of pyridine rings is 2. The number of hydrogen-bond acceptors (Lipinski definition) is 11. The Bertz CT molecular complexity index is 1890. The average molecular weight is 627 g/mol. The molecule has 8 rings (SSSR count). The van der Waals surface area contributed by atoms with E-state index in [4.69, 9.17) is 24.7 Å². The second kappa shape index (κ2) is 12.6. The van der Waals surface area contributed by atoms with Crippen LogP contribution in [0.5, 0.6) is 23.0 Å². The second-order valence-corrected chi connectivity index (χ2v) is 11.9. The van der Waals surface area contributed by atoms with Crippen LogP contribution in [0.3, 0.4) is 0 Å².